The summed E-state index contributed by atoms with van der Waals surface area (Å²) < 4.78 is 8.34. The Morgan fingerprint density at radius 3 is 2.86 bits per heavy atom. The zero-order valence-corrected chi connectivity index (χ0v) is 17.4. The van der Waals surface area contributed by atoms with Crippen molar-refractivity contribution in [3.63, 3.8) is 0 Å². The summed E-state index contributed by atoms with van der Waals surface area (Å²) >= 11 is 0. The minimum absolute atomic E-state index is 0. The summed E-state index contributed by atoms with van der Waals surface area (Å²) in [5.74, 6) is 2.38. The van der Waals surface area contributed by atoms with Crippen LogP contribution in [0.4, 0.5) is 0 Å². The molecule has 10 heteroatoms. The molecule has 0 bridgehead atoms. The number of aromatic nitrogens is 4. The molecule has 4 heterocycles. The molecule has 28 heavy (non-hydrogen) atoms. The number of piperidine rings is 1. The Morgan fingerprint density at radius 2 is 2.11 bits per heavy atom. The SMILES string of the molecule is Cc1ncccc1OC1(C(=O)NCc2nnc3n2CCC3)CCNCC1.Cl.Cl. The summed E-state index contributed by atoms with van der Waals surface area (Å²) in [6.45, 7) is 4.67. The number of aryl methyl sites for hydroxylation is 2. The van der Waals surface area contributed by atoms with E-state index < -0.39 is 5.60 Å². The van der Waals surface area contributed by atoms with Gasteiger partial charge in [0.2, 0.25) is 0 Å². The minimum atomic E-state index is -0.882. The molecule has 0 radical (unpaired) electrons. The summed E-state index contributed by atoms with van der Waals surface area (Å²) in [4.78, 5) is 17.4. The molecular formula is C18H26Cl2N6O2. The van der Waals surface area contributed by atoms with Gasteiger partial charge in [-0.1, -0.05) is 0 Å². The molecule has 2 aromatic rings. The van der Waals surface area contributed by atoms with Gasteiger partial charge in [0.1, 0.15) is 11.6 Å². The number of nitrogens with one attached hydrogen (secondary N) is 2. The molecule has 8 nitrogen and oxygen atoms in total. The number of rotatable bonds is 5. The minimum Gasteiger partial charge on any atom is -0.475 e. The van der Waals surface area contributed by atoms with Crippen LogP contribution < -0.4 is 15.4 Å². The summed E-state index contributed by atoms with van der Waals surface area (Å²) in [7, 11) is 0. The van der Waals surface area contributed by atoms with E-state index >= 15 is 0 Å². The highest BCUT2D eigenvalue weighted by Crippen LogP contribution is 2.28. The van der Waals surface area contributed by atoms with E-state index in [9.17, 15) is 4.79 Å². The largest absolute Gasteiger partial charge is 0.475 e. The van der Waals surface area contributed by atoms with Crippen LogP contribution in [0.5, 0.6) is 5.75 Å². The van der Waals surface area contributed by atoms with E-state index in [1.165, 1.54) is 0 Å². The fourth-order valence-corrected chi connectivity index (χ4v) is 3.66. The second kappa shape index (κ2) is 9.54. The van der Waals surface area contributed by atoms with Crippen molar-refractivity contribution in [2.45, 2.75) is 51.3 Å². The van der Waals surface area contributed by atoms with Crippen LogP contribution in [0.15, 0.2) is 18.3 Å². The third-order valence-electron chi connectivity index (χ3n) is 5.18. The zero-order valence-electron chi connectivity index (χ0n) is 15.8. The fraction of sp³-hybridized carbons (Fsp3) is 0.556. The van der Waals surface area contributed by atoms with Crippen LogP contribution in [0, 0.1) is 6.92 Å². The molecule has 2 N–H and O–H groups in total. The van der Waals surface area contributed by atoms with Gasteiger partial charge in [-0.3, -0.25) is 9.78 Å². The average Bonchev–Trinajstić information content (AvgIpc) is 3.26. The predicted octanol–water partition coefficient (Wildman–Crippen LogP) is 1.59. The molecule has 0 saturated carbocycles. The molecule has 154 valence electrons. The highest BCUT2D eigenvalue weighted by atomic mass is 35.5. The first-order valence-corrected chi connectivity index (χ1v) is 9.19. The van der Waals surface area contributed by atoms with Crippen molar-refractivity contribution in [1.29, 1.82) is 0 Å². The van der Waals surface area contributed by atoms with Crippen molar-refractivity contribution in [2.24, 2.45) is 0 Å². The smallest absolute Gasteiger partial charge is 0.264 e. The summed E-state index contributed by atoms with van der Waals surface area (Å²) in [6.07, 6.45) is 5.00. The van der Waals surface area contributed by atoms with Gasteiger partial charge in [-0.25, -0.2) is 0 Å². The normalized spacial score (nSPS) is 17.0. The van der Waals surface area contributed by atoms with Crippen molar-refractivity contribution >= 4 is 30.7 Å². The first-order chi connectivity index (χ1) is 12.7. The van der Waals surface area contributed by atoms with E-state index in [0.29, 0.717) is 25.1 Å². The number of carbonyl (C=O) groups is 1. The van der Waals surface area contributed by atoms with E-state index in [4.69, 9.17) is 4.74 Å². The van der Waals surface area contributed by atoms with E-state index in [2.05, 4.69) is 30.4 Å². The maximum absolute atomic E-state index is 13.1. The van der Waals surface area contributed by atoms with Crippen molar-refractivity contribution in [3.05, 3.63) is 35.7 Å². The molecule has 2 aliphatic heterocycles. The molecule has 2 aromatic heterocycles. The predicted molar refractivity (Wildman–Crippen MR) is 109 cm³/mol. The zero-order chi connectivity index (χ0) is 18.0. The molecule has 1 saturated heterocycles. The van der Waals surface area contributed by atoms with Crippen molar-refractivity contribution in [1.82, 2.24) is 30.4 Å². The summed E-state index contributed by atoms with van der Waals surface area (Å²) in [5.41, 5.74) is -0.0964. The van der Waals surface area contributed by atoms with Gasteiger partial charge in [0.05, 0.1) is 12.2 Å². The molecule has 0 aliphatic carbocycles. The van der Waals surface area contributed by atoms with E-state index in [0.717, 1.165) is 49.8 Å². The molecule has 2 aliphatic rings. The standard InChI is InChI=1S/C18H24N6O2.2ClH/c1-13-14(4-2-8-20-13)26-18(6-9-19-10-7-18)17(25)21-12-16-23-22-15-5-3-11-24(15)16;;/h2,4,8,19H,3,5-7,9-12H2,1H3,(H,21,25);2*1H. The van der Waals surface area contributed by atoms with E-state index in [1.54, 1.807) is 6.20 Å². The van der Waals surface area contributed by atoms with Crippen LogP contribution >= 0.6 is 24.8 Å². The van der Waals surface area contributed by atoms with Crippen LogP contribution in [0.2, 0.25) is 0 Å². The average molecular weight is 429 g/mol. The lowest BCUT2D eigenvalue weighted by Gasteiger charge is -2.36. The molecular weight excluding hydrogens is 403 g/mol. The Balaban J connectivity index is 0.00000140. The summed E-state index contributed by atoms with van der Waals surface area (Å²) in [6, 6.07) is 3.69. The van der Waals surface area contributed by atoms with Gasteiger partial charge in [0, 0.05) is 32.0 Å². The molecule has 0 spiro atoms. The molecule has 1 amide bonds. The first kappa shape index (κ1) is 22.4. The molecule has 0 unspecified atom stereocenters. The number of pyridine rings is 1. The van der Waals surface area contributed by atoms with Gasteiger partial charge in [-0.2, -0.15) is 0 Å². The second-order valence-electron chi connectivity index (χ2n) is 6.90. The highest BCUT2D eigenvalue weighted by molar-refractivity contribution is 5.86. The molecule has 0 aromatic carbocycles. The van der Waals surface area contributed by atoms with E-state index in [1.807, 2.05) is 19.1 Å². The topological polar surface area (TPSA) is 94.0 Å². The maximum atomic E-state index is 13.1. The third-order valence-corrected chi connectivity index (χ3v) is 5.18. The quantitative estimate of drug-likeness (QED) is 0.750. The number of amides is 1. The number of fused-ring (bicyclic) bond motifs is 1. The lowest BCUT2D eigenvalue weighted by molar-refractivity contribution is -0.139. The van der Waals surface area contributed by atoms with Gasteiger partial charge in [-0.05, 0) is 38.6 Å². The Labute approximate surface area is 176 Å². The van der Waals surface area contributed by atoms with Gasteiger partial charge in [0.15, 0.2) is 11.4 Å². The molecule has 0 atom stereocenters. The summed E-state index contributed by atoms with van der Waals surface area (Å²) in [5, 5.41) is 14.7. The van der Waals surface area contributed by atoms with Crippen molar-refractivity contribution in [3.8, 4) is 5.75 Å². The molecule has 4 rings (SSSR count). The Hall–Kier alpha value is -1.90. The van der Waals surface area contributed by atoms with Crippen LogP contribution in [0.1, 0.15) is 36.6 Å². The third kappa shape index (κ3) is 4.39. The highest BCUT2D eigenvalue weighted by Gasteiger charge is 2.42. The van der Waals surface area contributed by atoms with E-state index in [-0.39, 0.29) is 30.7 Å². The lowest BCUT2D eigenvalue weighted by atomic mass is 9.90. The Bertz CT molecular complexity index is 807. The van der Waals surface area contributed by atoms with Gasteiger partial charge in [0.25, 0.3) is 5.91 Å². The Morgan fingerprint density at radius 1 is 1.32 bits per heavy atom. The first-order valence-electron chi connectivity index (χ1n) is 9.19. The maximum Gasteiger partial charge on any atom is 0.264 e. The van der Waals surface area contributed by atoms with Gasteiger partial charge in [-0.15, -0.1) is 35.0 Å². The number of halogens is 2. The Kier molecular flexibility index (Phi) is 7.63. The van der Waals surface area contributed by atoms with Crippen molar-refractivity contribution < 1.29 is 9.53 Å². The van der Waals surface area contributed by atoms with Crippen LogP contribution in [0.3, 0.4) is 0 Å². The number of nitrogens with zero attached hydrogens (tertiary/aromatic N) is 4. The van der Waals surface area contributed by atoms with Crippen molar-refractivity contribution in [2.75, 3.05) is 13.1 Å². The van der Waals surface area contributed by atoms with Gasteiger partial charge < -0.3 is 19.9 Å². The number of ether oxygens (including phenoxy) is 1. The number of hydrogen-bond acceptors (Lipinski definition) is 6. The lowest BCUT2D eigenvalue weighted by Crippen LogP contribution is -2.56. The van der Waals surface area contributed by atoms with Crippen LogP contribution in [-0.4, -0.2) is 44.3 Å². The van der Waals surface area contributed by atoms with Gasteiger partial charge >= 0.3 is 0 Å². The fourth-order valence-electron chi connectivity index (χ4n) is 3.66. The van der Waals surface area contributed by atoms with Crippen LogP contribution in [0.25, 0.3) is 0 Å². The monoisotopic (exact) mass is 428 g/mol. The van der Waals surface area contributed by atoms with Crippen LogP contribution in [-0.2, 0) is 24.3 Å². The molecule has 1 fully saturated rings. The number of carbonyl (C=O) groups excluding carboxylic acids is 1. The number of hydrogen-bond donors (Lipinski definition) is 2. The second-order valence-corrected chi connectivity index (χ2v) is 6.90.